The van der Waals surface area contributed by atoms with E-state index in [2.05, 4.69) is 15.4 Å². The molecule has 8 heteroatoms. The Bertz CT molecular complexity index is 812. The second kappa shape index (κ2) is 5.94. The van der Waals surface area contributed by atoms with Gasteiger partial charge in [0.2, 0.25) is 4.96 Å². The standard InChI is InChI=1S/C14H13ClN4O2S/c1-8-12(22-13-16-7-17-19(8)13)9(2)21-14(20)18-11-5-3-10(15)4-6-11/h3-7,9H,1-2H3,(H,18,20)/t9-/m0/s1. The predicted octanol–water partition coefficient (Wildman–Crippen LogP) is 4.06. The highest BCUT2D eigenvalue weighted by Gasteiger charge is 2.19. The topological polar surface area (TPSA) is 68.5 Å². The number of benzene rings is 1. The van der Waals surface area contributed by atoms with Crippen LogP contribution in [0.4, 0.5) is 10.5 Å². The SMILES string of the molecule is Cc1c([C@H](C)OC(=O)Nc2ccc(Cl)cc2)sc2ncnn12. The van der Waals surface area contributed by atoms with Gasteiger partial charge in [0, 0.05) is 10.7 Å². The lowest BCUT2D eigenvalue weighted by Gasteiger charge is -2.13. The molecule has 1 aromatic carbocycles. The van der Waals surface area contributed by atoms with Gasteiger partial charge in [0.15, 0.2) is 0 Å². The van der Waals surface area contributed by atoms with Crippen molar-refractivity contribution in [2.24, 2.45) is 0 Å². The first-order chi connectivity index (χ1) is 10.5. The average molecular weight is 337 g/mol. The Morgan fingerprint density at radius 3 is 2.82 bits per heavy atom. The smallest absolute Gasteiger partial charge is 0.412 e. The number of aryl methyl sites for hydroxylation is 1. The van der Waals surface area contributed by atoms with Gasteiger partial charge in [-0.3, -0.25) is 5.32 Å². The minimum Gasteiger partial charge on any atom is -0.440 e. The van der Waals surface area contributed by atoms with Crippen molar-refractivity contribution in [3.05, 3.63) is 46.2 Å². The van der Waals surface area contributed by atoms with E-state index in [1.165, 1.54) is 17.7 Å². The number of hydrogen-bond acceptors (Lipinski definition) is 5. The average Bonchev–Trinajstić information content (AvgIpc) is 3.05. The maximum absolute atomic E-state index is 11.9. The van der Waals surface area contributed by atoms with Gasteiger partial charge < -0.3 is 4.74 Å². The van der Waals surface area contributed by atoms with Gasteiger partial charge in [-0.25, -0.2) is 14.3 Å². The highest BCUT2D eigenvalue weighted by atomic mass is 35.5. The highest BCUT2D eigenvalue weighted by molar-refractivity contribution is 7.17. The summed E-state index contributed by atoms with van der Waals surface area (Å²) in [6, 6.07) is 6.82. The molecule has 0 fully saturated rings. The van der Waals surface area contributed by atoms with E-state index in [0.29, 0.717) is 10.7 Å². The van der Waals surface area contributed by atoms with Crippen LogP contribution in [0.3, 0.4) is 0 Å². The number of halogens is 1. The molecule has 0 saturated carbocycles. The molecule has 2 aromatic heterocycles. The Kier molecular flexibility index (Phi) is 4.00. The zero-order valence-electron chi connectivity index (χ0n) is 11.9. The molecule has 0 aliphatic rings. The molecule has 0 radical (unpaired) electrons. The lowest BCUT2D eigenvalue weighted by atomic mass is 10.3. The van der Waals surface area contributed by atoms with Crippen molar-refractivity contribution < 1.29 is 9.53 Å². The number of rotatable bonds is 3. The van der Waals surface area contributed by atoms with E-state index in [0.717, 1.165) is 15.5 Å². The second-order valence-corrected chi connectivity index (χ2v) is 6.13. The summed E-state index contributed by atoms with van der Waals surface area (Å²) in [7, 11) is 0. The lowest BCUT2D eigenvalue weighted by molar-refractivity contribution is 0.122. The minimum atomic E-state index is -0.520. The third-order valence-corrected chi connectivity index (χ3v) is 4.70. The van der Waals surface area contributed by atoms with Crippen molar-refractivity contribution in [1.82, 2.24) is 14.6 Å². The fourth-order valence-corrected chi connectivity index (χ4v) is 3.22. The highest BCUT2D eigenvalue weighted by Crippen LogP contribution is 2.29. The number of ether oxygens (including phenoxy) is 1. The minimum absolute atomic E-state index is 0.388. The third-order valence-electron chi connectivity index (χ3n) is 3.14. The Balaban J connectivity index is 1.69. The van der Waals surface area contributed by atoms with Gasteiger partial charge in [0.1, 0.15) is 12.4 Å². The molecule has 2 heterocycles. The van der Waals surface area contributed by atoms with E-state index < -0.39 is 6.09 Å². The molecule has 3 rings (SSSR count). The van der Waals surface area contributed by atoms with Crippen LogP contribution in [-0.2, 0) is 4.74 Å². The molecule has 6 nitrogen and oxygen atoms in total. The molecule has 0 aliphatic carbocycles. The fourth-order valence-electron chi connectivity index (χ4n) is 2.08. The Hall–Kier alpha value is -2.12. The maximum atomic E-state index is 11.9. The Morgan fingerprint density at radius 1 is 1.41 bits per heavy atom. The van der Waals surface area contributed by atoms with Gasteiger partial charge in [0.25, 0.3) is 0 Å². The number of amides is 1. The van der Waals surface area contributed by atoms with Gasteiger partial charge in [-0.05, 0) is 38.1 Å². The number of hydrogen-bond donors (Lipinski definition) is 1. The van der Waals surface area contributed by atoms with Crippen molar-refractivity contribution >= 4 is 39.7 Å². The molecule has 1 atom stereocenters. The van der Waals surface area contributed by atoms with Gasteiger partial charge in [-0.1, -0.05) is 22.9 Å². The van der Waals surface area contributed by atoms with E-state index in [1.807, 2.05) is 13.8 Å². The van der Waals surface area contributed by atoms with E-state index in [-0.39, 0.29) is 6.10 Å². The third kappa shape index (κ3) is 2.90. The number of aromatic nitrogens is 3. The van der Waals surface area contributed by atoms with Crippen LogP contribution in [0.15, 0.2) is 30.6 Å². The summed E-state index contributed by atoms with van der Waals surface area (Å²) in [5.74, 6) is 0. The summed E-state index contributed by atoms with van der Waals surface area (Å²) in [5.41, 5.74) is 1.55. The molecular formula is C14H13ClN4O2S. The molecule has 3 aromatic rings. The van der Waals surface area contributed by atoms with E-state index in [4.69, 9.17) is 16.3 Å². The lowest BCUT2D eigenvalue weighted by Crippen LogP contribution is -2.16. The molecule has 1 amide bonds. The zero-order valence-corrected chi connectivity index (χ0v) is 13.5. The summed E-state index contributed by atoms with van der Waals surface area (Å²) in [4.78, 5) is 17.8. The number of carbonyl (C=O) groups excluding carboxylic acids is 1. The van der Waals surface area contributed by atoms with Crippen LogP contribution in [-0.4, -0.2) is 20.7 Å². The first-order valence-corrected chi connectivity index (χ1v) is 7.76. The van der Waals surface area contributed by atoms with Crippen LogP contribution in [0.5, 0.6) is 0 Å². The van der Waals surface area contributed by atoms with Crippen LogP contribution >= 0.6 is 22.9 Å². The van der Waals surface area contributed by atoms with Gasteiger partial charge in [-0.15, -0.1) is 0 Å². The first kappa shape index (κ1) is 14.8. The Labute approximate surface area is 135 Å². The van der Waals surface area contributed by atoms with Crippen LogP contribution in [0.1, 0.15) is 23.6 Å². The van der Waals surface area contributed by atoms with Gasteiger partial charge in [-0.2, -0.15) is 5.10 Å². The molecule has 0 aliphatic heterocycles. The van der Waals surface area contributed by atoms with E-state index >= 15 is 0 Å². The van der Waals surface area contributed by atoms with Gasteiger partial charge in [0.05, 0.1) is 10.6 Å². The maximum Gasteiger partial charge on any atom is 0.412 e. The zero-order chi connectivity index (χ0) is 15.7. The quantitative estimate of drug-likeness (QED) is 0.783. The predicted molar refractivity (Wildman–Crippen MR) is 85.6 cm³/mol. The number of thiazole rings is 1. The molecule has 0 bridgehead atoms. The normalized spacial score (nSPS) is 12.3. The number of nitrogens with zero attached hydrogens (tertiary/aromatic N) is 3. The Morgan fingerprint density at radius 2 is 2.14 bits per heavy atom. The number of fused-ring (bicyclic) bond motifs is 1. The van der Waals surface area contributed by atoms with E-state index in [9.17, 15) is 4.79 Å². The monoisotopic (exact) mass is 336 g/mol. The van der Waals surface area contributed by atoms with Crippen molar-refractivity contribution in [2.75, 3.05) is 5.32 Å². The number of nitrogens with one attached hydrogen (secondary N) is 1. The summed E-state index contributed by atoms with van der Waals surface area (Å²) < 4.78 is 7.14. The van der Waals surface area contributed by atoms with Crippen molar-refractivity contribution in [1.29, 1.82) is 0 Å². The van der Waals surface area contributed by atoms with Crippen LogP contribution < -0.4 is 5.32 Å². The molecule has 114 valence electrons. The number of anilines is 1. The van der Waals surface area contributed by atoms with Crippen molar-refractivity contribution in [3.8, 4) is 0 Å². The van der Waals surface area contributed by atoms with E-state index in [1.54, 1.807) is 28.8 Å². The summed E-state index contributed by atoms with van der Waals surface area (Å²) in [6.45, 7) is 3.74. The van der Waals surface area contributed by atoms with Crippen LogP contribution in [0.2, 0.25) is 5.02 Å². The largest absolute Gasteiger partial charge is 0.440 e. The molecular weight excluding hydrogens is 324 g/mol. The summed E-state index contributed by atoms with van der Waals surface area (Å²) in [5, 5.41) is 7.40. The molecule has 0 unspecified atom stereocenters. The van der Waals surface area contributed by atoms with Crippen molar-refractivity contribution in [2.45, 2.75) is 20.0 Å². The molecule has 22 heavy (non-hydrogen) atoms. The first-order valence-electron chi connectivity index (χ1n) is 6.57. The number of carbonyl (C=O) groups is 1. The van der Waals surface area contributed by atoms with Crippen LogP contribution in [0.25, 0.3) is 4.96 Å². The van der Waals surface area contributed by atoms with Crippen molar-refractivity contribution in [3.63, 3.8) is 0 Å². The fraction of sp³-hybridized carbons (Fsp3) is 0.214. The molecule has 0 spiro atoms. The summed E-state index contributed by atoms with van der Waals surface area (Å²) >= 11 is 7.26. The summed E-state index contributed by atoms with van der Waals surface area (Å²) in [6.07, 6.45) is 0.593. The van der Waals surface area contributed by atoms with Crippen LogP contribution in [0, 0.1) is 6.92 Å². The molecule has 1 N–H and O–H groups in total. The van der Waals surface area contributed by atoms with Gasteiger partial charge >= 0.3 is 6.09 Å². The molecule has 0 saturated heterocycles. The second-order valence-electron chi connectivity index (χ2n) is 4.69.